The summed E-state index contributed by atoms with van der Waals surface area (Å²) in [6.07, 6.45) is -7.26. The highest BCUT2D eigenvalue weighted by Crippen LogP contribution is 2.40. The molecule has 1 aromatic carbocycles. The van der Waals surface area contributed by atoms with Gasteiger partial charge >= 0.3 is 6.18 Å². The quantitative estimate of drug-likeness (QED) is 0.865. The smallest absolute Gasteiger partial charge is 0.438 e. The lowest BCUT2D eigenvalue weighted by Crippen LogP contribution is -2.58. The van der Waals surface area contributed by atoms with Gasteiger partial charge in [-0.05, 0) is 32.0 Å². The van der Waals surface area contributed by atoms with Crippen molar-refractivity contribution in [2.75, 3.05) is 0 Å². The molecule has 24 heavy (non-hydrogen) atoms. The van der Waals surface area contributed by atoms with Gasteiger partial charge in [0.05, 0.1) is 5.02 Å². The highest BCUT2D eigenvalue weighted by molar-refractivity contribution is 6.35. The molecule has 0 bridgehead atoms. The Morgan fingerprint density at radius 1 is 1.46 bits per heavy atom. The van der Waals surface area contributed by atoms with Crippen LogP contribution in [0.1, 0.15) is 20.3 Å². The van der Waals surface area contributed by atoms with E-state index in [9.17, 15) is 23.1 Å². The third-order valence-electron chi connectivity index (χ3n) is 3.33. The largest absolute Gasteiger partial charge is 0.479 e. The number of amides is 1. The molecule has 0 aliphatic carbocycles. The Hall–Kier alpha value is -1.51. The molecule has 0 radical (unpaired) electrons. The van der Waals surface area contributed by atoms with E-state index in [4.69, 9.17) is 27.9 Å². The maximum Gasteiger partial charge on any atom is 0.438 e. The van der Waals surface area contributed by atoms with Gasteiger partial charge in [0, 0.05) is 17.2 Å². The molecule has 0 saturated carbocycles. The summed E-state index contributed by atoms with van der Waals surface area (Å²) >= 11 is 11.6. The van der Waals surface area contributed by atoms with E-state index < -0.39 is 30.3 Å². The Morgan fingerprint density at radius 3 is 2.62 bits per heavy atom. The van der Waals surface area contributed by atoms with Crippen molar-refractivity contribution >= 4 is 34.8 Å². The van der Waals surface area contributed by atoms with Gasteiger partial charge in [0.15, 0.2) is 6.10 Å². The van der Waals surface area contributed by atoms with Crippen molar-refractivity contribution in [2.45, 2.75) is 38.3 Å². The van der Waals surface area contributed by atoms with Crippen LogP contribution in [0.25, 0.3) is 0 Å². The molecule has 1 aliphatic heterocycles. The van der Waals surface area contributed by atoms with Gasteiger partial charge < -0.3 is 9.84 Å². The Labute approximate surface area is 145 Å². The van der Waals surface area contributed by atoms with Gasteiger partial charge in [-0.3, -0.25) is 4.79 Å². The number of carbonyl (C=O) groups excluding carboxylic acids is 1. The van der Waals surface area contributed by atoms with Crippen molar-refractivity contribution in [3.63, 3.8) is 0 Å². The van der Waals surface area contributed by atoms with Gasteiger partial charge in [-0.1, -0.05) is 23.2 Å². The normalized spacial score (nSPS) is 22.3. The van der Waals surface area contributed by atoms with Gasteiger partial charge in [0.1, 0.15) is 5.75 Å². The first-order chi connectivity index (χ1) is 11.0. The predicted molar refractivity (Wildman–Crippen MR) is 82.1 cm³/mol. The second kappa shape index (κ2) is 6.42. The average molecular weight is 385 g/mol. The molecule has 0 fully saturated rings. The molecule has 0 saturated heterocycles. The highest BCUT2D eigenvalue weighted by atomic mass is 35.5. The molecule has 10 heteroatoms. The van der Waals surface area contributed by atoms with E-state index >= 15 is 0 Å². The average Bonchev–Trinajstić information content (AvgIpc) is 2.77. The maximum atomic E-state index is 13.1. The Balaban J connectivity index is 2.23. The third-order valence-corrected chi connectivity index (χ3v) is 3.86. The van der Waals surface area contributed by atoms with E-state index in [0.29, 0.717) is 5.02 Å². The van der Waals surface area contributed by atoms with Crippen molar-refractivity contribution in [2.24, 2.45) is 5.10 Å². The molecule has 2 unspecified atom stereocenters. The number of hydrazone groups is 1. The molecule has 1 heterocycles. The first-order valence-electron chi connectivity index (χ1n) is 6.74. The van der Waals surface area contributed by atoms with E-state index in [2.05, 4.69) is 5.10 Å². The number of benzene rings is 1. The van der Waals surface area contributed by atoms with Gasteiger partial charge in [-0.25, -0.2) is 0 Å². The summed E-state index contributed by atoms with van der Waals surface area (Å²) in [4.78, 5) is 12.3. The summed E-state index contributed by atoms with van der Waals surface area (Å²) in [6.45, 7) is 2.51. The lowest BCUT2D eigenvalue weighted by atomic mass is 10.1. The minimum Gasteiger partial charge on any atom is -0.479 e. The second-order valence-electron chi connectivity index (χ2n) is 5.31. The van der Waals surface area contributed by atoms with Crippen LogP contribution in [0.4, 0.5) is 13.2 Å². The number of rotatable bonds is 3. The van der Waals surface area contributed by atoms with E-state index in [1.807, 2.05) is 0 Å². The molecule has 2 atom stereocenters. The predicted octanol–water partition coefficient (Wildman–Crippen LogP) is 3.62. The SMILES string of the molecule is CC1=NN(C(=O)C(C)Oc2ccc(Cl)cc2Cl)C(O)(C(F)(F)F)C1. The van der Waals surface area contributed by atoms with Gasteiger partial charge in [-0.15, -0.1) is 0 Å². The zero-order valence-electron chi connectivity index (χ0n) is 12.6. The molecule has 0 spiro atoms. The lowest BCUT2D eigenvalue weighted by molar-refractivity contribution is -0.303. The number of nitrogens with zero attached hydrogens (tertiary/aromatic N) is 2. The van der Waals surface area contributed by atoms with Crippen LogP contribution in [-0.2, 0) is 4.79 Å². The van der Waals surface area contributed by atoms with E-state index in [-0.39, 0.29) is 21.5 Å². The van der Waals surface area contributed by atoms with Crippen molar-refractivity contribution in [1.29, 1.82) is 0 Å². The molecule has 0 aromatic heterocycles. The van der Waals surface area contributed by atoms with Crippen molar-refractivity contribution in [1.82, 2.24) is 5.01 Å². The van der Waals surface area contributed by atoms with Crippen LogP contribution in [0.15, 0.2) is 23.3 Å². The minimum atomic E-state index is -5.07. The number of carbonyl (C=O) groups is 1. The Kier molecular flexibility index (Phi) is 5.03. The highest BCUT2D eigenvalue weighted by Gasteiger charge is 2.63. The zero-order chi connectivity index (χ0) is 18.3. The Bertz CT molecular complexity index is 696. The number of ether oxygens (including phenoxy) is 1. The standard InChI is InChI=1S/C14H13Cl2F3N2O3/c1-7-6-13(23,14(17,18)19)21(20-7)12(22)8(2)24-11-4-3-9(15)5-10(11)16/h3-5,8,23H,6H2,1-2H3. The summed E-state index contributed by atoms with van der Waals surface area (Å²) in [5.41, 5.74) is -3.42. The topological polar surface area (TPSA) is 62.1 Å². The van der Waals surface area contributed by atoms with E-state index in [1.54, 1.807) is 0 Å². The molecule has 1 aliphatic rings. The van der Waals surface area contributed by atoms with Crippen LogP contribution in [0.5, 0.6) is 5.75 Å². The van der Waals surface area contributed by atoms with E-state index in [0.717, 1.165) is 0 Å². The molecule has 132 valence electrons. The summed E-state index contributed by atoms with van der Waals surface area (Å²) in [5, 5.41) is 13.8. The monoisotopic (exact) mass is 384 g/mol. The maximum absolute atomic E-state index is 13.1. The minimum absolute atomic E-state index is 0.0107. The molecule has 1 amide bonds. The zero-order valence-corrected chi connectivity index (χ0v) is 14.1. The molecule has 1 aromatic rings. The van der Waals surface area contributed by atoms with Crippen LogP contribution in [0.3, 0.4) is 0 Å². The van der Waals surface area contributed by atoms with Gasteiger partial charge in [-0.2, -0.15) is 23.3 Å². The Morgan fingerprint density at radius 2 is 2.08 bits per heavy atom. The van der Waals surface area contributed by atoms with Crippen LogP contribution >= 0.6 is 23.2 Å². The summed E-state index contributed by atoms with van der Waals surface area (Å²) < 4.78 is 44.7. The number of halogens is 5. The summed E-state index contributed by atoms with van der Waals surface area (Å²) in [5.74, 6) is -1.09. The number of hydrogen-bond acceptors (Lipinski definition) is 4. The molecule has 5 nitrogen and oxygen atoms in total. The van der Waals surface area contributed by atoms with Crippen molar-refractivity contribution < 1.29 is 27.8 Å². The van der Waals surface area contributed by atoms with Crippen LogP contribution in [-0.4, -0.2) is 39.7 Å². The fourth-order valence-electron chi connectivity index (χ4n) is 2.16. The van der Waals surface area contributed by atoms with Gasteiger partial charge in [0.2, 0.25) is 0 Å². The first kappa shape index (κ1) is 18.8. The van der Waals surface area contributed by atoms with Gasteiger partial charge in [0.25, 0.3) is 11.6 Å². The number of aliphatic hydroxyl groups is 1. The number of alkyl halides is 3. The molecular formula is C14H13Cl2F3N2O3. The van der Waals surface area contributed by atoms with Crippen LogP contribution in [0.2, 0.25) is 10.0 Å². The van der Waals surface area contributed by atoms with Crippen molar-refractivity contribution in [3.8, 4) is 5.75 Å². The summed E-state index contributed by atoms with van der Waals surface area (Å²) in [6, 6.07) is 4.19. The molecule has 1 N–H and O–H groups in total. The van der Waals surface area contributed by atoms with Crippen LogP contribution in [0, 0.1) is 0 Å². The van der Waals surface area contributed by atoms with Crippen molar-refractivity contribution in [3.05, 3.63) is 28.2 Å². The first-order valence-corrected chi connectivity index (χ1v) is 7.50. The fraction of sp³-hybridized carbons (Fsp3) is 0.429. The fourth-order valence-corrected chi connectivity index (χ4v) is 2.61. The molecule has 2 rings (SSSR count). The number of hydrogen-bond donors (Lipinski definition) is 1. The lowest BCUT2D eigenvalue weighted by Gasteiger charge is -2.33. The molecular weight excluding hydrogens is 372 g/mol. The summed E-state index contributed by atoms with van der Waals surface area (Å²) in [7, 11) is 0. The third kappa shape index (κ3) is 3.45. The van der Waals surface area contributed by atoms with E-state index in [1.165, 1.54) is 32.0 Å². The second-order valence-corrected chi connectivity index (χ2v) is 6.15. The van der Waals surface area contributed by atoms with Crippen LogP contribution < -0.4 is 4.74 Å².